The second-order valence-electron chi connectivity index (χ2n) is 9.59. The number of carboxylic acid groups (broad SMARTS) is 1. The van der Waals surface area contributed by atoms with Crippen LogP contribution in [-0.4, -0.2) is 78.7 Å². The van der Waals surface area contributed by atoms with E-state index in [0.29, 0.717) is 30.8 Å². The number of aromatic nitrogens is 6. The molecule has 11 nitrogen and oxygen atoms in total. The predicted molar refractivity (Wildman–Crippen MR) is 150 cm³/mol. The quantitative estimate of drug-likeness (QED) is 0.218. The van der Waals surface area contributed by atoms with Crippen molar-refractivity contribution in [2.45, 2.75) is 51.5 Å². The van der Waals surface area contributed by atoms with Crippen molar-refractivity contribution in [3.63, 3.8) is 0 Å². The van der Waals surface area contributed by atoms with Crippen LogP contribution >= 0.6 is 11.6 Å². The largest absolute Gasteiger partial charge is 0.479 e. The number of aldehydes is 1. The lowest BCUT2D eigenvalue weighted by Crippen LogP contribution is -2.46. The Kier molecular flexibility index (Phi) is 9.75. The van der Waals surface area contributed by atoms with Gasteiger partial charge >= 0.3 is 5.97 Å². The van der Waals surface area contributed by atoms with E-state index >= 15 is 0 Å². The van der Waals surface area contributed by atoms with Gasteiger partial charge in [-0.1, -0.05) is 73.5 Å². The molecule has 0 saturated carbocycles. The Morgan fingerprint density at radius 3 is 2.50 bits per heavy atom. The fourth-order valence-corrected chi connectivity index (χ4v) is 4.74. The van der Waals surface area contributed by atoms with Gasteiger partial charge in [0.2, 0.25) is 5.82 Å². The number of imidazole rings is 1. The van der Waals surface area contributed by atoms with Crippen LogP contribution in [0.25, 0.3) is 22.5 Å². The van der Waals surface area contributed by atoms with Gasteiger partial charge in [-0.25, -0.2) is 9.78 Å². The van der Waals surface area contributed by atoms with Crippen molar-refractivity contribution < 1.29 is 19.4 Å². The molecule has 0 radical (unpaired) electrons. The molecule has 1 unspecified atom stereocenters. The molecule has 0 bridgehead atoms. The number of ether oxygens (including phenoxy) is 1. The molecule has 2 heterocycles. The summed E-state index contributed by atoms with van der Waals surface area (Å²) in [6.07, 6.45) is 1.83. The van der Waals surface area contributed by atoms with E-state index in [9.17, 15) is 14.7 Å². The van der Waals surface area contributed by atoms with Gasteiger partial charge in [-0.15, -0.1) is 10.2 Å². The summed E-state index contributed by atoms with van der Waals surface area (Å²) in [5.74, 6) is 0.0861. The summed E-state index contributed by atoms with van der Waals surface area (Å²) in [6, 6.07) is 15.0. The molecular formula is C28H32ClN7O4. The van der Waals surface area contributed by atoms with Gasteiger partial charge in [-0.3, -0.25) is 4.90 Å². The van der Waals surface area contributed by atoms with Gasteiger partial charge in [0.25, 0.3) is 0 Å². The topological polar surface area (TPSA) is 139 Å². The molecule has 4 aromatic rings. The van der Waals surface area contributed by atoms with Crippen molar-refractivity contribution in [2.75, 3.05) is 14.1 Å². The predicted octanol–water partition coefficient (Wildman–Crippen LogP) is 3.87. The molecule has 0 aliphatic rings. The molecule has 2 aromatic heterocycles. The second kappa shape index (κ2) is 13.4. The number of carboxylic acids is 1. The van der Waals surface area contributed by atoms with Crippen molar-refractivity contribution in [2.24, 2.45) is 0 Å². The minimum atomic E-state index is -1.36. The van der Waals surface area contributed by atoms with Crippen LogP contribution in [0, 0.1) is 0 Å². The van der Waals surface area contributed by atoms with Crippen LogP contribution in [0.2, 0.25) is 5.15 Å². The number of halogens is 1. The van der Waals surface area contributed by atoms with Crippen LogP contribution < -0.4 is 0 Å². The molecule has 0 aliphatic heterocycles. The van der Waals surface area contributed by atoms with E-state index in [2.05, 4.69) is 32.5 Å². The van der Waals surface area contributed by atoms with Gasteiger partial charge in [-0.2, -0.15) is 5.21 Å². The van der Waals surface area contributed by atoms with Crippen molar-refractivity contribution in [1.29, 1.82) is 0 Å². The van der Waals surface area contributed by atoms with E-state index in [1.807, 2.05) is 53.1 Å². The SMILES string of the molecule is CCCCc1nc(Cl)c(CO[C@H](C(=O)O)C(C=O)N(C)C)n1Cc1ccc(-c2ccccc2-c2nn[nH]n2)cc1. The zero-order valence-electron chi connectivity index (χ0n) is 22.6. The number of aliphatic carboxylic acids is 1. The van der Waals surface area contributed by atoms with Crippen LogP contribution in [0.4, 0.5) is 0 Å². The Balaban J connectivity index is 1.61. The van der Waals surface area contributed by atoms with Gasteiger partial charge in [0.05, 0.1) is 12.3 Å². The van der Waals surface area contributed by atoms with E-state index in [4.69, 9.17) is 16.3 Å². The van der Waals surface area contributed by atoms with Crippen LogP contribution in [0.15, 0.2) is 48.5 Å². The molecule has 0 saturated heterocycles. The van der Waals surface area contributed by atoms with Crippen molar-refractivity contribution in [1.82, 2.24) is 35.1 Å². The highest BCUT2D eigenvalue weighted by molar-refractivity contribution is 6.30. The summed E-state index contributed by atoms with van der Waals surface area (Å²) in [5.41, 5.74) is 4.40. The van der Waals surface area contributed by atoms with E-state index in [0.717, 1.165) is 40.9 Å². The molecule has 0 aliphatic carbocycles. The standard InChI is InChI=1S/C28H32ClN7O4/c1-4-5-10-24-30-26(29)23(17-40-25(28(38)39)22(16-37)35(2)3)36(24)15-18-11-13-19(14-12-18)20-8-6-7-9-21(20)27-31-33-34-32-27/h6-9,11-14,16,22,25H,4-5,10,15,17H2,1-3H3,(H,38,39)(H,31,32,33,34)/t22?,25-/m0/s1. The Morgan fingerprint density at radius 1 is 1.18 bits per heavy atom. The van der Waals surface area contributed by atoms with E-state index in [1.54, 1.807) is 14.1 Å². The number of aromatic amines is 1. The highest BCUT2D eigenvalue weighted by Gasteiger charge is 2.31. The number of hydrogen-bond donors (Lipinski definition) is 2. The number of rotatable bonds is 14. The van der Waals surface area contributed by atoms with Crippen LogP contribution in [0.3, 0.4) is 0 Å². The van der Waals surface area contributed by atoms with Crippen molar-refractivity contribution >= 4 is 23.9 Å². The van der Waals surface area contributed by atoms with E-state index in [1.165, 1.54) is 4.90 Å². The van der Waals surface area contributed by atoms with Gasteiger partial charge in [-0.05, 0) is 42.4 Å². The first-order valence-electron chi connectivity index (χ1n) is 13.0. The molecule has 0 spiro atoms. The normalized spacial score (nSPS) is 12.9. The molecular weight excluding hydrogens is 534 g/mol. The number of carbonyl (C=O) groups is 2. The third-order valence-electron chi connectivity index (χ3n) is 6.66. The maximum absolute atomic E-state index is 11.9. The van der Waals surface area contributed by atoms with Gasteiger partial charge in [0.15, 0.2) is 11.3 Å². The lowest BCUT2D eigenvalue weighted by molar-refractivity contribution is -0.157. The van der Waals surface area contributed by atoms with Gasteiger partial charge in [0, 0.05) is 18.5 Å². The second-order valence-corrected chi connectivity index (χ2v) is 9.95. The number of unbranched alkanes of at least 4 members (excludes halogenated alkanes) is 1. The zero-order chi connectivity index (χ0) is 28.6. The Morgan fingerprint density at radius 2 is 1.90 bits per heavy atom. The highest BCUT2D eigenvalue weighted by Crippen LogP contribution is 2.30. The summed E-state index contributed by atoms with van der Waals surface area (Å²) in [6.45, 7) is 2.46. The smallest absolute Gasteiger partial charge is 0.334 e. The number of hydrogen-bond acceptors (Lipinski definition) is 8. The first-order chi connectivity index (χ1) is 19.3. The average Bonchev–Trinajstić information content (AvgIpc) is 3.58. The van der Waals surface area contributed by atoms with Crippen LogP contribution in [0.5, 0.6) is 0 Å². The molecule has 12 heteroatoms. The highest BCUT2D eigenvalue weighted by atomic mass is 35.5. The summed E-state index contributed by atoms with van der Waals surface area (Å²) in [4.78, 5) is 29.6. The fraction of sp³-hybridized carbons (Fsp3) is 0.357. The van der Waals surface area contributed by atoms with Crippen LogP contribution in [-0.2, 0) is 33.9 Å². The minimum absolute atomic E-state index is 0.108. The Hall–Kier alpha value is -3.93. The lowest BCUT2D eigenvalue weighted by atomic mass is 9.98. The molecule has 40 heavy (non-hydrogen) atoms. The Labute approximate surface area is 237 Å². The number of benzene rings is 2. The van der Waals surface area contributed by atoms with E-state index in [-0.39, 0.29) is 11.8 Å². The third kappa shape index (κ3) is 6.61. The first kappa shape index (κ1) is 29.1. The number of carbonyl (C=O) groups excluding carboxylic acids is 1. The fourth-order valence-electron chi connectivity index (χ4n) is 4.48. The minimum Gasteiger partial charge on any atom is -0.479 e. The first-order valence-corrected chi connectivity index (χ1v) is 13.3. The monoisotopic (exact) mass is 565 g/mol. The molecule has 2 N–H and O–H groups in total. The van der Waals surface area contributed by atoms with Gasteiger partial charge < -0.3 is 19.2 Å². The molecule has 210 valence electrons. The molecule has 4 rings (SSSR count). The number of H-pyrrole nitrogens is 1. The van der Waals surface area contributed by atoms with Gasteiger partial charge in [0.1, 0.15) is 18.2 Å². The number of nitrogens with one attached hydrogen (secondary N) is 1. The molecule has 0 fully saturated rings. The maximum Gasteiger partial charge on any atom is 0.334 e. The lowest BCUT2D eigenvalue weighted by Gasteiger charge is -2.25. The number of nitrogens with zero attached hydrogens (tertiary/aromatic N) is 6. The summed E-state index contributed by atoms with van der Waals surface area (Å²) in [5, 5.41) is 24.4. The molecule has 2 aromatic carbocycles. The number of tetrazole rings is 1. The summed E-state index contributed by atoms with van der Waals surface area (Å²) >= 11 is 6.55. The maximum atomic E-state index is 11.9. The molecule has 0 amide bonds. The third-order valence-corrected chi connectivity index (χ3v) is 6.97. The Bertz CT molecular complexity index is 1420. The summed E-state index contributed by atoms with van der Waals surface area (Å²) in [7, 11) is 3.26. The average molecular weight is 566 g/mol. The summed E-state index contributed by atoms with van der Waals surface area (Å²) < 4.78 is 7.75. The van der Waals surface area contributed by atoms with Crippen LogP contribution in [0.1, 0.15) is 36.8 Å². The van der Waals surface area contributed by atoms with Crippen molar-refractivity contribution in [3.8, 4) is 22.5 Å². The number of likely N-dealkylation sites (N-methyl/N-ethyl adjacent to an activating group) is 1. The number of aryl methyl sites for hydroxylation is 1. The zero-order valence-corrected chi connectivity index (χ0v) is 23.4. The molecule has 2 atom stereocenters. The van der Waals surface area contributed by atoms with E-state index < -0.39 is 18.1 Å². The van der Waals surface area contributed by atoms with Crippen molar-refractivity contribution in [3.05, 3.63) is 70.8 Å².